The molecule has 0 aliphatic carbocycles. The summed E-state index contributed by atoms with van der Waals surface area (Å²) in [7, 11) is 1.69. The molecule has 0 radical (unpaired) electrons. The molecule has 2 heteroatoms. The summed E-state index contributed by atoms with van der Waals surface area (Å²) in [4.78, 5) is 3.19. The van der Waals surface area contributed by atoms with Gasteiger partial charge in [-0.25, -0.2) is 0 Å². The SMILES string of the molecule is COc1ccc(Cc2cc[nH]c2C)cc1. The molecule has 1 aromatic heterocycles. The van der Waals surface area contributed by atoms with Gasteiger partial charge in [-0.3, -0.25) is 0 Å². The molecule has 1 aromatic carbocycles. The highest BCUT2D eigenvalue weighted by molar-refractivity contribution is 5.32. The van der Waals surface area contributed by atoms with Gasteiger partial charge in [0.05, 0.1) is 7.11 Å². The van der Waals surface area contributed by atoms with Crippen molar-refractivity contribution in [3.63, 3.8) is 0 Å². The first kappa shape index (κ1) is 9.84. The van der Waals surface area contributed by atoms with Crippen LogP contribution in [0.5, 0.6) is 5.75 Å². The first-order chi connectivity index (χ1) is 7.29. The van der Waals surface area contributed by atoms with Gasteiger partial charge in [-0.2, -0.15) is 0 Å². The normalized spacial score (nSPS) is 10.3. The van der Waals surface area contributed by atoms with Crippen molar-refractivity contribution >= 4 is 0 Å². The van der Waals surface area contributed by atoms with Gasteiger partial charge < -0.3 is 9.72 Å². The predicted octanol–water partition coefficient (Wildman–Crippen LogP) is 2.92. The lowest BCUT2D eigenvalue weighted by atomic mass is 10.1. The van der Waals surface area contributed by atoms with E-state index in [4.69, 9.17) is 4.74 Å². The molecule has 1 heterocycles. The highest BCUT2D eigenvalue weighted by atomic mass is 16.5. The van der Waals surface area contributed by atoms with Crippen LogP contribution in [0, 0.1) is 6.92 Å². The topological polar surface area (TPSA) is 25.0 Å². The lowest BCUT2D eigenvalue weighted by molar-refractivity contribution is 0.414. The third-order valence-corrected chi connectivity index (χ3v) is 2.62. The summed E-state index contributed by atoms with van der Waals surface area (Å²) in [5.74, 6) is 0.907. The fourth-order valence-corrected chi connectivity index (χ4v) is 1.64. The second-order valence-corrected chi connectivity index (χ2v) is 3.65. The van der Waals surface area contributed by atoms with Crippen LogP contribution >= 0.6 is 0 Å². The molecule has 15 heavy (non-hydrogen) atoms. The van der Waals surface area contributed by atoms with Crippen LogP contribution in [0.15, 0.2) is 36.5 Å². The Morgan fingerprint density at radius 1 is 1.13 bits per heavy atom. The number of hydrogen-bond acceptors (Lipinski definition) is 1. The Balaban J connectivity index is 2.14. The van der Waals surface area contributed by atoms with E-state index in [9.17, 15) is 0 Å². The number of benzene rings is 1. The summed E-state index contributed by atoms with van der Waals surface area (Å²) in [5, 5.41) is 0. The van der Waals surface area contributed by atoms with Crippen molar-refractivity contribution in [1.82, 2.24) is 4.98 Å². The molecule has 78 valence electrons. The van der Waals surface area contributed by atoms with Gasteiger partial charge in [0.1, 0.15) is 5.75 Å². The molecular formula is C13H15NO. The van der Waals surface area contributed by atoms with Gasteiger partial charge in [-0.1, -0.05) is 12.1 Å². The number of aromatic amines is 1. The minimum absolute atomic E-state index is 0.907. The fraction of sp³-hybridized carbons (Fsp3) is 0.231. The third-order valence-electron chi connectivity index (χ3n) is 2.62. The Hall–Kier alpha value is -1.70. The summed E-state index contributed by atoms with van der Waals surface area (Å²) in [6.07, 6.45) is 2.95. The maximum Gasteiger partial charge on any atom is 0.118 e. The van der Waals surface area contributed by atoms with E-state index in [1.54, 1.807) is 7.11 Å². The highest BCUT2D eigenvalue weighted by Crippen LogP contribution is 2.16. The Labute approximate surface area is 89.9 Å². The van der Waals surface area contributed by atoms with E-state index in [0.29, 0.717) is 0 Å². The van der Waals surface area contributed by atoms with Crippen molar-refractivity contribution in [1.29, 1.82) is 0 Å². The molecule has 0 atom stereocenters. The number of hydrogen-bond donors (Lipinski definition) is 1. The van der Waals surface area contributed by atoms with Gasteiger partial charge in [-0.15, -0.1) is 0 Å². The molecule has 0 saturated carbocycles. The Morgan fingerprint density at radius 2 is 1.87 bits per heavy atom. The van der Waals surface area contributed by atoms with E-state index in [0.717, 1.165) is 12.2 Å². The molecular weight excluding hydrogens is 186 g/mol. The minimum Gasteiger partial charge on any atom is -0.497 e. The number of aromatic nitrogens is 1. The number of ether oxygens (including phenoxy) is 1. The largest absolute Gasteiger partial charge is 0.497 e. The molecule has 1 N–H and O–H groups in total. The average Bonchev–Trinajstić information content (AvgIpc) is 2.66. The lowest BCUT2D eigenvalue weighted by Crippen LogP contribution is -1.89. The second kappa shape index (κ2) is 4.22. The van der Waals surface area contributed by atoms with Crippen molar-refractivity contribution in [2.24, 2.45) is 0 Å². The van der Waals surface area contributed by atoms with Crippen LogP contribution in [-0.2, 0) is 6.42 Å². The first-order valence-corrected chi connectivity index (χ1v) is 5.05. The Bertz CT molecular complexity index is 428. The Morgan fingerprint density at radius 3 is 2.40 bits per heavy atom. The number of rotatable bonds is 3. The smallest absolute Gasteiger partial charge is 0.118 e. The standard InChI is InChI=1S/C13H15NO/c1-10-12(7-8-14-10)9-11-3-5-13(15-2)6-4-11/h3-8,14H,9H2,1-2H3. The summed E-state index contributed by atoms with van der Waals surface area (Å²) < 4.78 is 5.12. The fourth-order valence-electron chi connectivity index (χ4n) is 1.64. The van der Waals surface area contributed by atoms with Crippen LogP contribution in [0.4, 0.5) is 0 Å². The van der Waals surface area contributed by atoms with E-state index >= 15 is 0 Å². The zero-order valence-electron chi connectivity index (χ0n) is 9.08. The number of aryl methyl sites for hydroxylation is 1. The van der Waals surface area contributed by atoms with Crippen LogP contribution in [-0.4, -0.2) is 12.1 Å². The molecule has 2 rings (SSSR count). The van der Waals surface area contributed by atoms with E-state index in [1.165, 1.54) is 16.8 Å². The van der Waals surface area contributed by atoms with Crippen molar-refractivity contribution in [3.8, 4) is 5.75 Å². The van der Waals surface area contributed by atoms with Crippen molar-refractivity contribution in [2.75, 3.05) is 7.11 Å². The van der Waals surface area contributed by atoms with E-state index in [1.807, 2.05) is 18.3 Å². The molecule has 0 unspecified atom stereocenters. The van der Waals surface area contributed by atoms with Gasteiger partial charge in [0, 0.05) is 11.9 Å². The van der Waals surface area contributed by atoms with Gasteiger partial charge in [0.2, 0.25) is 0 Å². The summed E-state index contributed by atoms with van der Waals surface area (Å²) in [5.41, 5.74) is 3.89. The number of methoxy groups -OCH3 is 1. The molecule has 0 aliphatic heterocycles. The molecule has 0 spiro atoms. The van der Waals surface area contributed by atoms with Gasteiger partial charge in [0.15, 0.2) is 0 Å². The van der Waals surface area contributed by atoms with Crippen LogP contribution < -0.4 is 4.74 Å². The predicted molar refractivity (Wildman–Crippen MR) is 61.3 cm³/mol. The van der Waals surface area contributed by atoms with Gasteiger partial charge in [0.25, 0.3) is 0 Å². The molecule has 0 bridgehead atoms. The van der Waals surface area contributed by atoms with Gasteiger partial charge in [-0.05, 0) is 42.7 Å². The van der Waals surface area contributed by atoms with E-state index in [2.05, 4.69) is 30.1 Å². The van der Waals surface area contributed by atoms with E-state index < -0.39 is 0 Å². The lowest BCUT2D eigenvalue weighted by Gasteiger charge is -2.03. The monoisotopic (exact) mass is 201 g/mol. The number of H-pyrrole nitrogens is 1. The molecule has 0 aliphatic rings. The minimum atomic E-state index is 0.907. The molecule has 2 aromatic rings. The maximum absolute atomic E-state index is 5.12. The van der Waals surface area contributed by atoms with E-state index in [-0.39, 0.29) is 0 Å². The molecule has 0 saturated heterocycles. The van der Waals surface area contributed by atoms with Gasteiger partial charge >= 0.3 is 0 Å². The maximum atomic E-state index is 5.12. The average molecular weight is 201 g/mol. The highest BCUT2D eigenvalue weighted by Gasteiger charge is 2.00. The zero-order chi connectivity index (χ0) is 10.7. The summed E-state index contributed by atoms with van der Waals surface area (Å²) >= 11 is 0. The second-order valence-electron chi connectivity index (χ2n) is 3.65. The molecule has 0 fully saturated rings. The van der Waals surface area contributed by atoms with Crippen molar-refractivity contribution in [2.45, 2.75) is 13.3 Å². The molecule has 0 amide bonds. The molecule has 2 nitrogen and oxygen atoms in total. The van der Waals surface area contributed by atoms with Crippen LogP contribution in [0.3, 0.4) is 0 Å². The van der Waals surface area contributed by atoms with Crippen LogP contribution in [0.25, 0.3) is 0 Å². The zero-order valence-corrected chi connectivity index (χ0v) is 9.08. The Kier molecular flexibility index (Phi) is 2.77. The third kappa shape index (κ3) is 2.21. The first-order valence-electron chi connectivity index (χ1n) is 5.05. The summed E-state index contributed by atoms with van der Waals surface area (Å²) in [6, 6.07) is 10.3. The van der Waals surface area contributed by atoms with Crippen molar-refractivity contribution in [3.05, 3.63) is 53.3 Å². The van der Waals surface area contributed by atoms with Crippen molar-refractivity contribution < 1.29 is 4.74 Å². The van der Waals surface area contributed by atoms with Crippen LogP contribution in [0.2, 0.25) is 0 Å². The quantitative estimate of drug-likeness (QED) is 0.811. The van der Waals surface area contributed by atoms with Crippen LogP contribution in [0.1, 0.15) is 16.8 Å². The summed E-state index contributed by atoms with van der Waals surface area (Å²) in [6.45, 7) is 2.10. The number of nitrogens with one attached hydrogen (secondary N) is 1.